The molecule has 2 nitrogen and oxygen atoms in total. The van der Waals surface area contributed by atoms with Crippen molar-refractivity contribution in [3.63, 3.8) is 0 Å². The van der Waals surface area contributed by atoms with Crippen LogP contribution in [0, 0.1) is 5.92 Å². The van der Waals surface area contributed by atoms with Crippen LogP contribution in [0.1, 0.15) is 6.42 Å². The van der Waals surface area contributed by atoms with Gasteiger partial charge in [0, 0.05) is 26.0 Å². The average molecular weight is 340 g/mol. The Hall–Kier alpha value is 1.11. The first kappa shape index (κ1) is 14.5. The molecule has 0 spiro atoms. The van der Waals surface area contributed by atoms with Crippen LogP contribution < -0.4 is 0 Å². The summed E-state index contributed by atoms with van der Waals surface area (Å²) in [6.07, 6.45) is 0.457. The molecule has 0 saturated heterocycles. The number of alkyl halides is 3. The molecule has 2 aliphatic rings. The standard InChI is InChI=1S/C10H11Cl5O2/c1-16-10(17-2)8(14)3-5(4-11)9(10,15)7(13)6(8)12/h5H,3-4H2,1-2H3/t5-,8-,9+/m1/s1. The van der Waals surface area contributed by atoms with Gasteiger partial charge in [-0.25, -0.2) is 0 Å². The highest BCUT2D eigenvalue weighted by atomic mass is 35.5. The fraction of sp³-hybridized carbons (Fsp3) is 0.800. The molecule has 0 heterocycles. The van der Waals surface area contributed by atoms with Gasteiger partial charge in [-0.1, -0.05) is 23.2 Å². The summed E-state index contributed by atoms with van der Waals surface area (Å²) in [6, 6.07) is 0. The van der Waals surface area contributed by atoms with Crippen LogP contribution in [-0.2, 0) is 9.47 Å². The topological polar surface area (TPSA) is 18.5 Å². The minimum Gasteiger partial charge on any atom is -0.350 e. The Labute approximate surface area is 125 Å². The maximum absolute atomic E-state index is 6.63. The molecule has 3 atom stereocenters. The lowest BCUT2D eigenvalue weighted by atomic mass is 9.93. The van der Waals surface area contributed by atoms with Crippen LogP contribution in [0.4, 0.5) is 0 Å². The Morgan fingerprint density at radius 1 is 1.18 bits per heavy atom. The van der Waals surface area contributed by atoms with Crippen molar-refractivity contribution in [2.24, 2.45) is 5.92 Å². The third kappa shape index (κ3) is 1.33. The summed E-state index contributed by atoms with van der Waals surface area (Å²) in [6.45, 7) is 0. The van der Waals surface area contributed by atoms with E-state index >= 15 is 0 Å². The Bertz CT molecular complexity index is 381. The number of hydrogen-bond donors (Lipinski definition) is 0. The second kappa shape index (κ2) is 4.31. The van der Waals surface area contributed by atoms with Crippen LogP contribution >= 0.6 is 58.0 Å². The Kier molecular flexibility index (Phi) is 3.68. The average Bonchev–Trinajstić information content (AvgIpc) is 2.60. The first-order chi connectivity index (χ1) is 7.85. The minimum atomic E-state index is -1.29. The number of fused-ring (bicyclic) bond motifs is 2. The quantitative estimate of drug-likeness (QED) is 0.573. The minimum absolute atomic E-state index is 0.168. The summed E-state index contributed by atoms with van der Waals surface area (Å²) in [4.78, 5) is -2.23. The van der Waals surface area contributed by atoms with Crippen molar-refractivity contribution in [3.8, 4) is 0 Å². The molecule has 0 radical (unpaired) electrons. The highest BCUT2D eigenvalue weighted by molar-refractivity contribution is 6.52. The molecule has 2 rings (SSSR count). The van der Waals surface area contributed by atoms with E-state index < -0.39 is 15.5 Å². The zero-order valence-corrected chi connectivity index (χ0v) is 13.0. The Balaban J connectivity index is 2.68. The first-order valence-corrected chi connectivity index (χ1v) is 7.00. The molecule has 0 aromatic heterocycles. The van der Waals surface area contributed by atoms with Crippen molar-refractivity contribution >= 4 is 58.0 Å². The lowest BCUT2D eigenvalue weighted by Gasteiger charge is -2.41. The van der Waals surface area contributed by atoms with Crippen molar-refractivity contribution in [3.05, 3.63) is 10.1 Å². The summed E-state index contributed by atoms with van der Waals surface area (Å²) in [5.41, 5.74) is 0. The SMILES string of the molecule is COC1(OC)[C@@]2(Cl)C[C@H](CCl)[C@]1(Cl)C(Cl)=C2Cl. The molecule has 98 valence electrons. The lowest BCUT2D eigenvalue weighted by molar-refractivity contribution is -0.218. The fourth-order valence-electron chi connectivity index (χ4n) is 2.93. The van der Waals surface area contributed by atoms with Gasteiger partial charge in [-0.3, -0.25) is 0 Å². The van der Waals surface area contributed by atoms with Crippen LogP contribution in [0.15, 0.2) is 10.1 Å². The first-order valence-electron chi connectivity index (χ1n) is 4.96. The zero-order chi connectivity index (χ0) is 13.1. The highest BCUT2D eigenvalue weighted by Gasteiger charge is 2.80. The molecule has 1 fully saturated rings. The molecule has 2 aliphatic carbocycles. The largest absolute Gasteiger partial charge is 0.350 e. The third-order valence-electron chi connectivity index (χ3n) is 3.71. The number of rotatable bonds is 3. The summed E-state index contributed by atoms with van der Waals surface area (Å²) >= 11 is 31.5. The van der Waals surface area contributed by atoms with E-state index in [2.05, 4.69) is 0 Å². The predicted molar refractivity (Wildman–Crippen MR) is 71.5 cm³/mol. The normalized spacial score (nSPS) is 43.6. The number of halogens is 5. The molecule has 0 aromatic carbocycles. The van der Waals surface area contributed by atoms with Crippen LogP contribution in [0.25, 0.3) is 0 Å². The number of hydrogen-bond acceptors (Lipinski definition) is 2. The molecule has 0 aliphatic heterocycles. The molecule has 0 N–H and O–H groups in total. The van der Waals surface area contributed by atoms with Crippen molar-refractivity contribution in [1.82, 2.24) is 0 Å². The molecule has 7 heteroatoms. The monoisotopic (exact) mass is 338 g/mol. The van der Waals surface area contributed by atoms with Gasteiger partial charge in [0.15, 0.2) is 0 Å². The van der Waals surface area contributed by atoms with Gasteiger partial charge in [0.1, 0.15) is 9.75 Å². The van der Waals surface area contributed by atoms with Gasteiger partial charge in [-0.05, 0) is 6.42 Å². The Morgan fingerprint density at radius 2 is 1.71 bits per heavy atom. The van der Waals surface area contributed by atoms with Gasteiger partial charge in [-0.15, -0.1) is 34.8 Å². The van der Waals surface area contributed by atoms with Crippen molar-refractivity contribution < 1.29 is 9.47 Å². The van der Waals surface area contributed by atoms with Gasteiger partial charge in [0.25, 0.3) is 0 Å². The van der Waals surface area contributed by atoms with Crippen LogP contribution in [0.2, 0.25) is 0 Å². The molecule has 0 aromatic rings. The highest BCUT2D eigenvalue weighted by Crippen LogP contribution is 2.71. The molecule has 17 heavy (non-hydrogen) atoms. The second-order valence-electron chi connectivity index (χ2n) is 4.22. The molecular formula is C10H11Cl5O2. The Morgan fingerprint density at radius 3 is 2.06 bits per heavy atom. The van der Waals surface area contributed by atoms with Crippen molar-refractivity contribution in [2.45, 2.75) is 22.0 Å². The van der Waals surface area contributed by atoms with E-state index in [4.69, 9.17) is 67.5 Å². The van der Waals surface area contributed by atoms with E-state index in [0.717, 1.165) is 0 Å². The summed E-state index contributed by atoms with van der Waals surface area (Å²) in [7, 11) is 2.93. The molecule has 1 saturated carbocycles. The van der Waals surface area contributed by atoms with Crippen LogP contribution in [0.3, 0.4) is 0 Å². The lowest BCUT2D eigenvalue weighted by Crippen LogP contribution is -2.57. The maximum Gasteiger partial charge on any atom is 0.217 e. The van der Waals surface area contributed by atoms with E-state index in [1.54, 1.807) is 0 Å². The molecule has 0 amide bonds. The van der Waals surface area contributed by atoms with Gasteiger partial charge in [-0.2, -0.15) is 0 Å². The van der Waals surface area contributed by atoms with E-state index in [-0.39, 0.29) is 16.0 Å². The summed E-state index contributed by atoms with van der Waals surface area (Å²) in [5, 5.41) is 0.539. The fourth-order valence-corrected chi connectivity index (χ4v) is 5.43. The van der Waals surface area contributed by atoms with Gasteiger partial charge >= 0.3 is 0 Å². The van der Waals surface area contributed by atoms with Gasteiger partial charge in [0.2, 0.25) is 5.79 Å². The number of ether oxygens (including phenoxy) is 2. The van der Waals surface area contributed by atoms with E-state index in [9.17, 15) is 0 Å². The summed E-state index contributed by atoms with van der Waals surface area (Å²) < 4.78 is 10.9. The maximum atomic E-state index is 6.63. The van der Waals surface area contributed by atoms with E-state index in [0.29, 0.717) is 12.3 Å². The zero-order valence-electron chi connectivity index (χ0n) is 9.20. The molecule has 2 bridgehead atoms. The molecular weight excluding hydrogens is 329 g/mol. The van der Waals surface area contributed by atoms with Gasteiger partial charge in [0.05, 0.1) is 10.1 Å². The smallest absolute Gasteiger partial charge is 0.217 e. The second-order valence-corrected chi connectivity index (χ2v) is 6.53. The van der Waals surface area contributed by atoms with Crippen molar-refractivity contribution in [1.29, 1.82) is 0 Å². The third-order valence-corrected chi connectivity index (χ3v) is 6.71. The summed E-state index contributed by atoms with van der Waals surface area (Å²) in [5.74, 6) is -1.16. The molecule has 0 unspecified atom stereocenters. The van der Waals surface area contributed by atoms with E-state index in [1.807, 2.05) is 0 Å². The van der Waals surface area contributed by atoms with Crippen LogP contribution in [-0.4, -0.2) is 35.6 Å². The number of methoxy groups -OCH3 is 2. The van der Waals surface area contributed by atoms with Gasteiger partial charge < -0.3 is 9.47 Å². The van der Waals surface area contributed by atoms with E-state index in [1.165, 1.54) is 14.2 Å². The predicted octanol–water partition coefficient (Wildman–Crippen LogP) is 3.89. The van der Waals surface area contributed by atoms with Crippen molar-refractivity contribution in [2.75, 3.05) is 20.1 Å². The van der Waals surface area contributed by atoms with Crippen LogP contribution in [0.5, 0.6) is 0 Å².